The summed E-state index contributed by atoms with van der Waals surface area (Å²) in [6, 6.07) is 12.8. The summed E-state index contributed by atoms with van der Waals surface area (Å²) >= 11 is 6.83. The third kappa shape index (κ3) is 4.29. The molecule has 0 unspecified atom stereocenters. The lowest BCUT2D eigenvalue weighted by Gasteiger charge is -2.05. The van der Waals surface area contributed by atoms with E-state index in [9.17, 15) is 4.79 Å². The van der Waals surface area contributed by atoms with Crippen molar-refractivity contribution in [3.8, 4) is 5.75 Å². The van der Waals surface area contributed by atoms with Gasteiger partial charge in [0.15, 0.2) is 5.76 Å². The quantitative estimate of drug-likeness (QED) is 0.420. The van der Waals surface area contributed by atoms with Crippen molar-refractivity contribution < 1.29 is 13.9 Å². The van der Waals surface area contributed by atoms with Crippen molar-refractivity contribution >= 4 is 55.0 Å². The first kappa shape index (κ1) is 17.7. The van der Waals surface area contributed by atoms with E-state index < -0.39 is 5.91 Å². The minimum atomic E-state index is -0.409. The number of amides is 1. The molecule has 0 saturated heterocycles. The molecule has 25 heavy (non-hydrogen) atoms. The van der Waals surface area contributed by atoms with Crippen LogP contribution in [0.5, 0.6) is 5.75 Å². The van der Waals surface area contributed by atoms with Crippen molar-refractivity contribution in [2.45, 2.75) is 6.92 Å². The second-order valence-corrected chi connectivity index (χ2v) is 6.88. The van der Waals surface area contributed by atoms with E-state index in [1.54, 1.807) is 18.3 Å². The van der Waals surface area contributed by atoms with Crippen LogP contribution >= 0.6 is 31.9 Å². The maximum Gasteiger partial charge on any atom is 0.307 e. The van der Waals surface area contributed by atoms with E-state index in [2.05, 4.69) is 42.4 Å². The second kappa shape index (κ2) is 7.84. The molecular formula is C18H14Br2N2O3. The van der Waals surface area contributed by atoms with Gasteiger partial charge in [-0.05, 0) is 70.9 Å². The highest BCUT2D eigenvalue weighted by Crippen LogP contribution is 2.25. The van der Waals surface area contributed by atoms with Gasteiger partial charge in [0.2, 0.25) is 0 Å². The number of hydrogen-bond donors (Lipinski definition) is 1. The lowest BCUT2D eigenvalue weighted by Crippen LogP contribution is -2.16. The largest absolute Gasteiger partial charge is 0.493 e. The van der Waals surface area contributed by atoms with Crippen LogP contribution in [0, 0.1) is 0 Å². The van der Waals surface area contributed by atoms with Gasteiger partial charge in [-0.2, -0.15) is 5.10 Å². The van der Waals surface area contributed by atoms with Gasteiger partial charge in [-0.15, -0.1) is 0 Å². The van der Waals surface area contributed by atoms with Crippen LogP contribution < -0.4 is 10.2 Å². The summed E-state index contributed by atoms with van der Waals surface area (Å²) in [7, 11) is 0. The molecule has 3 aromatic rings. The molecule has 0 radical (unpaired) electrons. The van der Waals surface area contributed by atoms with Crippen molar-refractivity contribution in [2.75, 3.05) is 6.61 Å². The maximum atomic E-state index is 12.1. The van der Waals surface area contributed by atoms with Crippen LogP contribution in [0.4, 0.5) is 0 Å². The topological polar surface area (TPSA) is 63.8 Å². The molecule has 1 aromatic heterocycles. The number of carbonyl (C=O) groups excluding carboxylic acids is 1. The maximum absolute atomic E-state index is 12.1. The fraction of sp³-hybridized carbons (Fsp3) is 0.111. The van der Waals surface area contributed by atoms with E-state index in [-0.39, 0.29) is 5.76 Å². The number of furan rings is 1. The van der Waals surface area contributed by atoms with Gasteiger partial charge in [0.05, 0.1) is 17.3 Å². The van der Waals surface area contributed by atoms with Gasteiger partial charge in [0.1, 0.15) is 11.3 Å². The number of carbonyl (C=O) groups is 1. The summed E-state index contributed by atoms with van der Waals surface area (Å²) in [4.78, 5) is 12.1. The zero-order valence-corrected chi connectivity index (χ0v) is 16.4. The minimum Gasteiger partial charge on any atom is -0.493 e. The van der Waals surface area contributed by atoms with Gasteiger partial charge in [0.25, 0.3) is 0 Å². The van der Waals surface area contributed by atoms with Gasteiger partial charge in [-0.25, -0.2) is 5.43 Å². The van der Waals surface area contributed by atoms with Crippen LogP contribution in [-0.2, 0) is 0 Å². The van der Waals surface area contributed by atoms with Crippen LogP contribution in [0.2, 0.25) is 0 Å². The molecule has 1 N–H and O–H groups in total. The Bertz CT molecular complexity index is 951. The van der Waals surface area contributed by atoms with Gasteiger partial charge >= 0.3 is 5.91 Å². The Kier molecular flexibility index (Phi) is 5.55. The molecule has 0 saturated carbocycles. The SMILES string of the molecule is CCOc1ccc(/C=N/NC(=O)c2cc3cc(Br)ccc3o2)cc1Br. The molecule has 0 fully saturated rings. The molecule has 0 spiro atoms. The van der Waals surface area contributed by atoms with E-state index in [1.807, 2.05) is 37.3 Å². The Hall–Kier alpha value is -2.12. The molecule has 5 nitrogen and oxygen atoms in total. The molecule has 1 amide bonds. The molecule has 3 rings (SSSR count). The second-order valence-electron chi connectivity index (χ2n) is 5.11. The lowest BCUT2D eigenvalue weighted by atomic mass is 10.2. The summed E-state index contributed by atoms with van der Waals surface area (Å²) in [6.45, 7) is 2.52. The molecule has 128 valence electrons. The zero-order chi connectivity index (χ0) is 17.8. The van der Waals surface area contributed by atoms with E-state index in [1.165, 1.54) is 0 Å². The number of nitrogens with one attached hydrogen (secondary N) is 1. The first-order chi connectivity index (χ1) is 12.1. The number of hydrazone groups is 1. The zero-order valence-electron chi connectivity index (χ0n) is 13.3. The Morgan fingerprint density at radius 1 is 1.24 bits per heavy atom. The summed E-state index contributed by atoms with van der Waals surface area (Å²) in [5, 5.41) is 4.81. The third-order valence-electron chi connectivity index (χ3n) is 3.34. The summed E-state index contributed by atoms with van der Waals surface area (Å²) in [5.41, 5.74) is 3.93. The number of hydrogen-bond acceptors (Lipinski definition) is 4. The van der Waals surface area contributed by atoms with Crippen molar-refractivity contribution in [3.63, 3.8) is 0 Å². The molecule has 0 aliphatic heterocycles. The Morgan fingerprint density at radius 3 is 2.84 bits per heavy atom. The molecule has 2 aromatic carbocycles. The van der Waals surface area contributed by atoms with E-state index in [4.69, 9.17) is 9.15 Å². The number of benzene rings is 2. The summed E-state index contributed by atoms with van der Waals surface area (Å²) in [6.07, 6.45) is 1.55. The molecule has 0 aliphatic rings. The van der Waals surface area contributed by atoms with Crippen LogP contribution in [0.15, 0.2) is 60.9 Å². The van der Waals surface area contributed by atoms with E-state index in [0.717, 1.165) is 25.6 Å². The molecule has 0 bridgehead atoms. The molecule has 0 aliphatic carbocycles. The van der Waals surface area contributed by atoms with Crippen LogP contribution in [0.1, 0.15) is 23.0 Å². The third-order valence-corrected chi connectivity index (χ3v) is 4.45. The Morgan fingerprint density at radius 2 is 2.08 bits per heavy atom. The number of nitrogens with zero attached hydrogens (tertiary/aromatic N) is 1. The van der Waals surface area contributed by atoms with Crippen molar-refractivity contribution in [2.24, 2.45) is 5.10 Å². The smallest absolute Gasteiger partial charge is 0.307 e. The molecular weight excluding hydrogens is 452 g/mol. The van der Waals surface area contributed by atoms with Crippen LogP contribution in [-0.4, -0.2) is 18.7 Å². The molecule has 7 heteroatoms. The summed E-state index contributed by atoms with van der Waals surface area (Å²) < 4.78 is 12.7. The normalized spacial score (nSPS) is 11.2. The number of fused-ring (bicyclic) bond motifs is 1. The van der Waals surface area contributed by atoms with E-state index >= 15 is 0 Å². The predicted octanol–water partition coefficient (Wildman–Crippen LogP) is 5.12. The standard InChI is InChI=1S/C18H14Br2N2O3/c1-2-24-16-5-3-11(7-14(16)20)10-21-22-18(23)17-9-12-8-13(19)4-6-15(12)25-17/h3-10H,2H2,1H3,(H,22,23)/b21-10+. The predicted molar refractivity (Wildman–Crippen MR) is 104 cm³/mol. The fourth-order valence-electron chi connectivity index (χ4n) is 2.22. The monoisotopic (exact) mass is 464 g/mol. The van der Waals surface area contributed by atoms with Gasteiger partial charge in [0, 0.05) is 9.86 Å². The molecule has 1 heterocycles. The van der Waals surface area contributed by atoms with E-state index in [0.29, 0.717) is 12.2 Å². The van der Waals surface area contributed by atoms with Crippen molar-refractivity contribution in [3.05, 3.63) is 62.7 Å². The first-order valence-electron chi connectivity index (χ1n) is 7.51. The average molecular weight is 466 g/mol. The Balaban J connectivity index is 1.68. The van der Waals surface area contributed by atoms with Crippen molar-refractivity contribution in [1.82, 2.24) is 5.43 Å². The lowest BCUT2D eigenvalue weighted by molar-refractivity contribution is 0.0929. The first-order valence-corrected chi connectivity index (χ1v) is 9.10. The number of rotatable bonds is 5. The number of halogens is 2. The molecule has 0 atom stereocenters. The Labute approximate surface area is 161 Å². The van der Waals surface area contributed by atoms with Gasteiger partial charge < -0.3 is 9.15 Å². The van der Waals surface area contributed by atoms with Crippen LogP contribution in [0.3, 0.4) is 0 Å². The minimum absolute atomic E-state index is 0.207. The van der Waals surface area contributed by atoms with Gasteiger partial charge in [-0.3, -0.25) is 4.79 Å². The average Bonchev–Trinajstić information content (AvgIpc) is 3.00. The highest BCUT2D eigenvalue weighted by Gasteiger charge is 2.11. The van der Waals surface area contributed by atoms with Gasteiger partial charge in [-0.1, -0.05) is 15.9 Å². The van der Waals surface area contributed by atoms with Crippen LogP contribution in [0.25, 0.3) is 11.0 Å². The summed E-state index contributed by atoms with van der Waals surface area (Å²) in [5.74, 6) is 0.559. The fourth-order valence-corrected chi connectivity index (χ4v) is 3.11. The van der Waals surface area contributed by atoms with Crippen molar-refractivity contribution in [1.29, 1.82) is 0 Å². The highest BCUT2D eigenvalue weighted by atomic mass is 79.9. The number of ether oxygens (including phenoxy) is 1. The highest BCUT2D eigenvalue weighted by molar-refractivity contribution is 9.10.